The summed E-state index contributed by atoms with van der Waals surface area (Å²) < 4.78 is 0. The van der Waals surface area contributed by atoms with E-state index in [0.717, 1.165) is 32.6 Å². The van der Waals surface area contributed by atoms with Crippen molar-refractivity contribution in [2.75, 3.05) is 32.7 Å². The Morgan fingerprint density at radius 3 is 2.84 bits per heavy atom. The third-order valence-corrected chi connectivity index (χ3v) is 4.11. The number of carbonyl (C=O) groups is 2. The molecular weight excluding hydrogens is 246 g/mol. The van der Waals surface area contributed by atoms with E-state index in [1.807, 2.05) is 4.90 Å². The maximum Gasteiger partial charge on any atom is 0.317 e. The average molecular weight is 269 g/mol. The van der Waals surface area contributed by atoms with Crippen molar-refractivity contribution in [1.82, 2.24) is 15.1 Å². The summed E-state index contributed by atoms with van der Waals surface area (Å²) in [4.78, 5) is 27.0. The van der Waals surface area contributed by atoms with Gasteiger partial charge in [-0.1, -0.05) is 13.3 Å². The van der Waals surface area contributed by atoms with Crippen LogP contribution in [0.5, 0.6) is 0 Å². The molecule has 108 valence electrons. The summed E-state index contributed by atoms with van der Waals surface area (Å²) in [5.74, 6) is -1.42. The number of carbonyl (C=O) groups excluding carboxylic acids is 1. The van der Waals surface area contributed by atoms with E-state index in [0.29, 0.717) is 6.04 Å². The minimum atomic E-state index is -0.877. The molecule has 2 heterocycles. The van der Waals surface area contributed by atoms with Gasteiger partial charge >= 0.3 is 12.0 Å². The minimum Gasteiger partial charge on any atom is -0.481 e. The molecule has 0 aliphatic carbocycles. The van der Waals surface area contributed by atoms with Crippen molar-refractivity contribution in [3.05, 3.63) is 0 Å². The van der Waals surface area contributed by atoms with E-state index in [2.05, 4.69) is 10.2 Å². The molecule has 2 amide bonds. The Morgan fingerprint density at radius 2 is 2.11 bits per heavy atom. The second-order valence-electron chi connectivity index (χ2n) is 5.56. The van der Waals surface area contributed by atoms with Crippen molar-refractivity contribution in [1.29, 1.82) is 0 Å². The number of nitrogens with one attached hydrogen (secondary N) is 1. The Kier molecular flexibility index (Phi) is 4.63. The Hall–Kier alpha value is -1.30. The van der Waals surface area contributed by atoms with E-state index < -0.39 is 11.9 Å². The number of hydrogen-bond donors (Lipinski definition) is 2. The Bertz CT molecular complexity index is 348. The molecule has 2 aliphatic heterocycles. The third-order valence-electron chi connectivity index (χ3n) is 4.11. The standard InChI is InChI=1S/C13H23N3O3/c1-10(12(17)18)8-14-13(19)16-7-6-15-5-3-2-4-11(15)9-16/h10-11H,2-9H2,1H3,(H,14,19)(H,17,18). The smallest absolute Gasteiger partial charge is 0.317 e. The summed E-state index contributed by atoms with van der Waals surface area (Å²) in [5.41, 5.74) is 0. The van der Waals surface area contributed by atoms with Crippen LogP contribution in [0.25, 0.3) is 0 Å². The second kappa shape index (κ2) is 6.23. The van der Waals surface area contributed by atoms with Gasteiger partial charge in [0.15, 0.2) is 0 Å². The lowest BCUT2D eigenvalue weighted by atomic mass is 10.00. The molecular formula is C13H23N3O3. The summed E-state index contributed by atoms with van der Waals surface area (Å²) >= 11 is 0. The fraction of sp³-hybridized carbons (Fsp3) is 0.846. The van der Waals surface area contributed by atoms with Crippen molar-refractivity contribution >= 4 is 12.0 Å². The van der Waals surface area contributed by atoms with Crippen LogP contribution in [0.3, 0.4) is 0 Å². The monoisotopic (exact) mass is 269 g/mol. The van der Waals surface area contributed by atoms with Gasteiger partial charge in [-0.3, -0.25) is 9.69 Å². The summed E-state index contributed by atoms with van der Waals surface area (Å²) in [6.45, 7) is 5.39. The van der Waals surface area contributed by atoms with E-state index in [4.69, 9.17) is 5.11 Å². The first kappa shape index (κ1) is 14.1. The summed E-state index contributed by atoms with van der Waals surface area (Å²) in [6.07, 6.45) is 3.67. The summed E-state index contributed by atoms with van der Waals surface area (Å²) in [6, 6.07) is 0.364. The lowest BCUT2D eigenvalue weighted by Gasteiger charge is -2.43. The molecule has 0 spiro atoms. The molecule has 0 radical (unpaired) electrons. The highest BCUT2D eigenvalue weighted by atomic mass is 16.4. The quantitative estimate of drug-likeness (QED) is 0.786. The normalized spacial score (nSPS) is 25.5. The van der Waals surface area contributed by atoms with Gasteiger partial charge in [0.25, 0.3) is 0 Å². The first-order chi connectivity index (χ1) is 9.08. The largest absolute Gasteiger partial charge is 0.481 e. The van der Waals surface area contributed by atoms with Crippen molar-refractivity contribution in [3.8, 4) is 0 Å². The van der Waals surface area contributed by atoms with Crippen LogP contribution in [-0.2, 0) is 4.79 Å². The van der Waals surface area contributed by atoms with Gasteiger partial charge in [0.1, 0.15) is 0 Å². The zero-order valence-electron chi connectivity index (χ0n) is 11.5. The van der Waals surface area contributed by atoms with E-state index in [1.54, 1.807) is 6.92 Å². The number of amides is 2. The van der Waals surface area contributed by atoms with Gasteiger partial charge in [-0.25, -0.2) is 4.79 Å². The number of nitrogens with zero attached hydrogens (tertiary/aromatic N) is 2. The molecule has 0 aromatic carbocycles. The Labute approximate surface area is 113 Å². The molecule has 2 N–H and O–H groups in total. The number of piperidine rings is 1. The van der Waals surface area contributed by atoms with Crippen LogP contribution in [0.2, 0.25) is 0 Å². The summed E-state index contributed by atoms with van der Waals surface area (Å²) in [5, 5.41) is 11.5. The van der Waals surface area contributed by atoms with Gasteiger partial charge in [0.05, 0.1) is 5.92 Å². The fourth-order valence-corrected chi connectivity index (χ4v) is 2.78. The van der Waals surface area contributed by atoms with Gasteiger partial charge in [-0.05, 0) is 19.4 Å². The van der Waals surface area contributed by atoms with Gasteiger partial charge in [-0.15, -0.1) is 0 Å². The second-order valence-corrected chi connectivity index (χ2v) is 5.56. The first-order valence-electron chi connectivity index (χ1n) is 7.07. The highest BCUT2D eigenvalue weighted by Crippen LogP contribution is 2.20. The topological polar surface area (TPSA) is 72.9 Å². The molecule has 2 aliphatic rings. The predicted octanol–water partition coefficient (Wildman–Crippen LogP) is 0.587. The van der Waals surface area contributed by atoms with Crippen LogP contribution in [0.1, 0.15) is 26.2 Å². The van der Waals surface area contributed by atoms with Crippen LogP contribution in [0.15, 0.2) is 0 Å². The average Bonchev–Trinajstić information content (AvgIpc) is 2.43. The number of rotatable bonds is 3. The highest BCUT2D eigenvalue weighted by molar-refractivity contribution is 5.76. The Morgan fingerprint density at radius 1 is 1.32 bits per heavy atom. The lowest BCUT2D eigenvalue weighted by Crippen LogP contribution is -2.58. The van der Waals surface area contributed by atoms with Gasteiger partial charge in [0, 0.05) is 32.2 Å². The number of aliphatic carboxylic acids is 1. The number of hydrogen-bond acceptors (Lipinski definition) is 3. The molecule has 2 saturated heterocycles. The van der Waals surface area contributed by atoms with E-state index in [9.17, 15) is 9.59 Å². The molecule has 6 nitrogen and oxygen atoms in total. The number of urea groups is 1. The SMILES string of the molecule is CC(CNC(=O)N1CCN2CCCCC2C1)C(=O)O. The number of carboxylic acids is 1. The molecule has 2 atom stereocenters. The molecule has 2 rings (SSSR count). The van der Waals surface area contributed by atoms with Crippen LogP contribution in [-0.4, -0.2) is 65.7 Å². The molecule has 0 aromatic rings. The molecule has 2 fully saturated rings. The van der Waals surface area contributed by atoms with E-state index >= 15 is 0 Å². The minimum absolute atomic E-state index is 0.127. The maximum atomic E-state index is 12.0. The van der Waals surface area contributed by atoms with Crippen molar-refractivity contribution in [2.45, 2.75) is 32.2 Å². The molecule has 19 heavy (non-hydrogen) atoms. The van der Waals surface area contributed by atoms with Crippen LogP contribution in [0.4, 0.5) is 4.79 Å². The van der Waals surface area contributed by atoms with Gasteiger partial charge in [0.2, 0.25) is 0 Å². The Balaban J connectivity index is 1.78. The number of fused-ring (bicyclic) bond motifs is 1. The predicted molar refractivity (Wildman–Crippen MR) is 71.0 cm³/mol. The third kappa shape index (κ3) is 3.59. The molecule has 2 unspecified atom stereocenters. The molecule has 0 saturated carbocycles. The molecule has 0 aromatic heterocycles. The fourth-order valence-electron chi connectivity index (χ4n) is 2.78. The number of piperazine rings is 1. The zero-order valence-corrected chi connectivity index (χ0v) is 11.5. The van der Waals surface area contributed by atoms with Gasteiger partial charge < -0.3 is 15.3 Å². The first-order valence-corrected chi connectivity index (χ1v) is 7.07. The van der Waals surface area contributed by atoms with Crippen LogP contribution < -0.4 is 5.32 Å². The van der Waals surface area contributed by atoms with Crippen molar-refractivity contribution in [3.63, 3.8) is 0 Å². The summed E-state index contributed by atoms with van der Waals surface area (Å²) in [7, 11) is 0. The highest BCUT2D eigenvalue weighted by Gasteiger charge is 2.31. The van der Waals surface area contributed by atoms with Crippen molar-refractivity contribution < 1.29 is 14.7 Å². The van der Waals surface area contributed by atoms with Gasteiger partial charge in [-0.2, -0.15) is 0 Å². The maximum absolute atomic E-state index is 12.0. The molecule has 0 bridgehead atoms. The van der Waals surface area contributed by atoms with Crippen LogP contribution >= 0.6 is 0 Å². The zero-order chi connectivity index (χ0) is 13.8. The van der Waals surface area contributed by atoms with E-state index in [1.165, 1.54) is 12.8 Å². The van der Waals surface area contributed by atoms with Crippen molar-refractivity contribution in [2.24, 2.45) is 5.92 Å². The number of carboxylic acid groups (broad SMARTS) is 1. The lowest BCUT2D eigenvalue weighted by molar-refractivity contribution is -0.140. The van der Waals surface area contributed by atoms with Crippen LogP contribution in [0, 0.1) is 5.92 Å². The molecule has 6 heteroatoms. The van der Waals surface area contributed by atoms with E-state index in [-0.39, 0.29) is 12.6 Å².